The van der Waals surface area contributed by atoms with Gasteiger partial charge in [0.15, 0.2) is 0 Å². The fourth-order valence-corrected chi connectivity index (χ4v) is 2.13. The van der Waals surface area contributed by atoms with E-state index in [1.807, 2.05) is 4.90 Å². The molecule has 0 N–H and O–H groups in total. The summed E-state index contributed by atoms with van der Waals surface area (Å²) in [6.07, 6.45) is 0.912. The van der Waals surface area contributed by atoms with E-state index in [1.165, 1.54) is 0 Å². The van der Waals surface area contributed by atoms with E-state index in [9.17, 15) is 4.79 Å². The highest BCUT2D eigenvalue weighted by atomic mass is 16.5. The normalized spacial score (nSPS) is 31.5. The van der Waals surface area contributed by atoms with E-state index >= 15 is 0 Å². The lowest BCUT2D eigenvalue weighted by Gasteiger charge is -2.46. The average Bonchev–Trinajstić information content (AvgIpc) is 2.50. The van der Waals surface area contributed by atoms with Gasteiger partial charge in [0.05, 0.1) is 12.5 Å². The van der Waals surface area contributed by atoms with Gasteiger partial charge in [-0.15, -0.1) is 0 Å². The maximum atomic E-state index is 11.8. The van der Waals surface area contributed by atoms with E-state index in [2.05, 4.69) is 13.8 Å². The first kappa shape index (κ1) is 9.00. The van der Waals surface area contributed by atoms with Crippen LogP contribution in [-0.4, -0.2) is 37.1 Å². The lowest BCUT2D eigenvalue weighted by Crippen LogP contribution is -2.57. The van der Waals surface area contributed by atoms with Crippen LogP contribution >= 0.6 is 0 Å². The van der Waals surface area contributed by atoms with E-state index in [0.717, 1.165) is 26.1 Å². The van der Waals surface area contributed by atoms with Crippen molar-refractivity contribution in [3.8, 4) is 0 Å². The van der Waals surface area contributed by atoms with Crippen LogP contribution in [0.5, 0.6) is 0 Å². The van der Waals surface area contributed by atoms with Crippen LogP contribution in [0.15, 0.2) is 0 Å². The Labute approximate surface area is 79.0 Å². The van der Waals surface area contributed by atoms with E-state index in [-0.39, 0.29) is 5.92 Å². The summed E-state index contributed by atoms with van der Waals surface area (Å²) in [7, 11) is 0. The summed E-state index contributed by atoms with van der Waals surface area (Å²) in [5.74, 6) is 0.452. The van der Waals surface area contributed by atoms with E-state index in [0.29, 0.717) is 17.9 Å². The summed E-state index contributed by atoms with van der Waals surface area (Å²) in [4.78, 5) is 13.7. The van der Waals surface area contributed by atoms with Gasteiger partial charge in [0.25, 0.3) is 0 Å². The Balaban J connectivity index is 1.85. The number of hydrogen-bond acceptors (Lipinski definition) is 2. The van der Waals surface area contributed by atoms with Gasteiger partial charge in [-0.1, -0.05) is 13.8 Å². The van der Waals surface area contributed by atoms with E-state index < -0.39 is 0 Å². The summed E-state index contributed by atoms with van der Waals surface area (Å²) in [5, 5.41) is 0. The Hall–Kier alpha value is -0.570. The first-order valence-corrected chi connectivity index (χ1v) is 4.95. The standard InChI is InChI=1S/C10H17NO2/c1-10(2)6-11(7-10)9(12)8-3-4-13-5-8/h8H,3-7H2,1-2H3. The number of ether oxygens (including phenoxy) is 1. The van der Waals surface area contributed by atoms with E-state index in [1.54, 1.807) is 0 Å². The molecule has 1 atom stereocenters. The third-order valence-electron chi connectivity index (χ3n) is 2.83. The second-order valence-corrected chi connectivity index (χ2v) is 4.92. The Bertz CT molecular complexity index is 211. The van der Waals surface area contributed by atoms with Crippen molar-refractivity contribution in [3.05, 3.63) is 0 Å². The predicted molar refractivity (Wildman–Crippen MR) is 49.3 cm³/mol. The molecule has 2 rings (SSSR count). The molecule has 0 aromatic heterocycles. The Kier molecular flexibility index (Phi) is 2.06. The molecule has 0 radical (unpaired) electrons. The first-order valence-electron chi connectivity index (χ1n) is 4.95. The SMILES string of the molecule is CC1(C)CN(C(=O)C2CCOC2)C1. The zero-order valence-corrected chi connectivity index (χ0v) is 8.38. The molecular formula is C10H17NO2. The van der Waals surface area contributed by atoms with Crippen LogP contribution < -0.4 is 0 Å². The molecule has 0 aliphatic carbocycles. The summed E-state index contributed by atoms with van der Waals surface area (Å²) >= 11 is 0. The number of carbonyl (C=O) groups excluding carboxylic acids is 1. The second-order valence-electron chi connectivity index (χ2n) is 4.92. The predicted octanol–water partition coefficient (Wildman–Crippen LogP) is 0.891. The molecule has 0 saturated carbocycles. The second kappa shape index (κ2) is 2.98. The zero-order valence-electron chi connectivity index (χ0n) is 8.38. The third-order valence-corrected chi connectivity index (χ3v) is 2.83. The van der Waals surface area contributed by atoms with Crippen LogP contribution in [-0.2, 0) is 9.53 Å². The van der Waals surface area contributed by atoms with Crippen LogP contribution in [0.4, 0.5) is 0 Å². The van der Waals surface area contributed by atoms with Crippen molar-refractivity contribution >= 4 is 5.91 Å². The number of hydrogen-bond donors (Lipinski definition) is 0. The molecule has 2 aliphatic rings. The first-order chi connectivity index (χ1) is 6.08. The van der Waals surface area contributed by atoms with Crippen molar-refractivity contribution in [1.29, 1.82) is 0 Å². The van der Waals surface area contributed by atoms with Gasteiger partial charge in [0.1, 0.15) is 0 Å². The largest absolute Gasteiger partial charge is 0.381 e. The van der Waals surface area contributed by atoms with Gasteiger partial charge in [0, 0.05) is 19.7 Å². The average molecular weight is 183 g/mol. The van der Waals surface area contributed by atoms with Crippen molar-refractivity contribution in [2.24, 2.45) is 11.3 Å². The zero-order chi connectivity index (χ0) is 9.47. The number of nitrogens with zero attached hydrogens (tertiary/aromatic N) is 1. The van der Waals surface area contributed by atoms with Crippen LogP contribution in [0.1, 0.15) is 20.3 Å². The summed E-state index contributed by atoms with van der Waals surface area (Å²) in [6, 6.07) is 0. The van der Waals surface area contributed by atoms with Crippen LogP contribution in [0.25, 0.3) is 0 Å². The molecule has 2 heterocycles. The lowest BCUT2D eigenvalue weighted by atomic mass is 9.83. The molecule has 1 unspecified atom stereocenters. The maximum absolute atomic E-state index is 11.8. The highest BCUT2D eigenvalue weighted by molar-refractivity contribution is 5.80. The molecule has 2 aliphatic heterocycles. The highest BCUT2D eigenvalue weighted by Gasteiger charge is 2.40. The lowest BCUT2D eigenvalue weighted by molar-refractivity contribution is -0.145. The number of carbonyl (C=O) groups is 1. The van der Waals surface area contributed by atoms with Crippen molar-refractivity contribution in [2.75, 3.05) is 26.3 Å². The molecule has 3 heteroatoms. The van der Waals surface area contributed by atoms with Crippen molar-refractivity contribution in [1.82, 2.24) is 4.90 Å². The molecule has 0 aromatic rings. The molecule has 74 valence electrons. The minimum Gasteiger partial charge on any atom is -0.381 e. The monoisotopic (exact) mass is 183 g/mol. The molecule has 2 fully saturated rings. The minimum absolute atomic E-state index is 0.149. The van der Waals surface area contributed by atoms with Gasteiger partial charge >= 0.3 is 0 Å². The molecule has 0 bridgehead atoms. The van der Waals surface area contributed by atoms with Crippen LogP contribution in [0.2, 0.25) is 0 Å². The van der Waals surface area contributed by atoms with Gasteiger partial charge < -0.3 is 9.64 Å². The molecule has 1 amide bonds. The van der Waals surface area contributed by atoms with Crippen molar-refractivity contribution < 1.29 is 9.53 Å². The third kappa shape index (κ3) is 1.70. The van der Waals surface area contributed by atoms with Gasteiger partial charge in [-0.25, -0.2) is 0 Å². The molecule has 0 aromatic carbocycles. The van der Waals surface area contributed by atoms with Crippen LogP contribution in [0.3, 0.4) is 0 Å². The van der Waals surface area contributed by atoms with Gasteiger partial charge in [-0.2, -0.15) is 0 Å². The fourth-order valence-electron chi connectivity index (χ4n) is 2.13. The quantitative estimate of drug-likeness (QED) is 0.604. The van der Waals surface area contributed by atoms with Crippen molar-refractivity contribution in [2.45, 2.75) is 20.3 Å². The topological polar surface area (TPSA) is 29.5 Å². The number of rotatable bonds is 1. The smallest absolute Gasteiger partial charge is 0.228 e. The van der Waals surface area contributed by atoms with E-state index in [4.69, 9.17) is 4.74 Å². The number of amides is 1. The van der Waals surface area contributed by atoms with Gasteiger partial charge in [-0.3, -0.25) is 4.79 Å². The Morgan fingerprint density at radius 3 is 2.62 bits per heavy atom. The maximum Gasteiger partial charge on any atom is 0.228 e. The summed E-state index contributed by atoms with van der Waals surface area (Å²) < 4.78 is 5.20. The Morgan fingerprint density at radius 2 is 2.15 bits per heavy atom. The molecule has 3 nitrogen and oxygen atoms in total. The molecule has 2 saturated heterocycles. The van der Waals surface area contributed by atoms with Crippen LogP contribution in [0, 0.1) is 11.3 Å². The van der Waals surface area contributed by atoms with Crippen molar-refractivity contribution in [3.63, 3.8) is 0 Å². The molecule has 13 heavy (non-hydrogen) atoms. The molecular weight excluding hydrogens is 166 g/mol. The summed E-state index contributed by atoms with van der Waals surface area (Å²) in [5.41, 5.74) is 0.342. The Morgan fingerprint density at radius 1 is 1.46 bits per heavy atom. The van der Waals surface area contributed by atoms with Gasteiger partial charge in [0.2, 0.25) is 5.91 Å². The summed E-state index contributed by atoms with van der Waals surface area (Å²) in [6.45, 7) is 7.62. The number of likely N-dealkylation sites (tertiary alicyclic amines) is 1. The fraction of sp³-hybridized carbons (Fsp3) is 0.900. The van der Waals surface area contributed by atoms with Gasteiger partial charge in [-0.05, 0) is 11.8 Å². The highest BCUT2D eigenvalue weighted by Crippen LogP contribution is 2.31. The minimum atomic E-state index is 0.149. The molecule has 0 spiro atoms.